The molecule has 0 fully saturated rings. The van der Waals surface area contributed by atoms with Crippen LogP contribution in [0.4, 0.5) is 14.9 Å². The lowest BCUT2D eigenvalue weighted by Crippen LogP contribution is -2.34. The number of rotatable bonds is 5. The highest BCUT2D eigenvalue weighted by atomic mass is 19.1. The molecule has 3 N–H and O–H groups in total. The van der Waals surface area contributed by atoms with Gasteiger partial charge in [0.25, 0.3) is 0 Å². The van der Waals surface area contributed by atoms with Crippen molar-refractivity contribution in [2.24, 2.45) is 0 Å². The van der Waals surface area contributed by atoms with Gasteiger partial charge >= 0.3 is 12.0 Å². The first kappa shape index (κ1) is 16.4. The molecule has 0 saturated carbocycles. The molecule has 114 valence electrons. The molecular formula is C13H16FN3O4. The van der Waals surface area contributed by atoms with E-state index in [9.17, 15) is 18.8 Å². The van der Waals surface area contributed by atoms with Gasteiger partial charge in [0.05, 0.1) is 11.3 Å². The number of nitrogens with zero attached hydrogens (tertiary/aromatic N) is 1. The van der Waals surface area contributed by atoms with Gasteiger partial charge in [-0.1, -0.05) is 0 Å². The number of aromatic carboxylic acids is 1. The lowest BCUT2D eigenvalue weighted by Gasteiger charge is -2.18. The zero-order chi connectivity index (χ0) is 16.0. The van der Waals surface area contributed by atoms with E-state index in [1.54, 1.807) is 0 Å². The molecular weight excluding hydrogens is 281 g/mol. The van der Waals surface area contributed by atoms with Crippen molar-refractivity contribution in [2.45, 2.75) is 6.42 Å². The molecule has 8 heteroatoms. The summed E-state index contributed by atoms with van der Waals surface area (Å²) in [4.78, 5) is 34.9. The third-order valence-corrected chi connectivity index (χ3v) is 2.75. The van der Waals surface area contributed by atoms with E-state index in [1.165, 1.54) is 19.0 Å². The summed E-state index contributed by atoms with van der Waals surface area (Å²) in [6.07, 6.45) is 0.109. The second-order valence-corrected chi connectivity index (χ2v) is 4.27. The molecule has 1 rings (SSSR count). The first-order chi connectivity index (χ1) is 9.85. The van der Waals surface area contributed by atoms with E-state index in [2.05, 4.69) is 10.6 Å². The van der Waals surface area contributed by atoms with E-state index >= 15 is 0 Å². The number of halogens is 1. The average molecular weight is 297 g/mol. The van der Waals surface area contributed by atoms with E-state index in [-0.39, 0.29) is 30.1 Å². The smallest absolute Gasteiger partial charge is 0.335 e. The summed E-state index contributed by atoms with van der Waals surface area (Å²) in [7, 11) is 2.92. The third-order valence-electron chi connectivity index (χ3n) is 2.75. The minimum Gasteiger partial charge on any atom is -0.478 e. The molecule has 0 atom stereocenters. The van der Waals surface area contributed by atoms with Crippen molar-refractivity contribution in [1.82, 2.24) is 10.2 Å². The zero-order valence-corrected chi connectivity index (χ0v) is 11.6. The maximum Gasteiger partial charge on any atom is 0.335 e. The number of nitrogens with one attached hydrogen (secondary N) is 2. The molecule has 3 amide bonds. The number of carboxylic acid groups (broad SMARTS) is 1. The molecule has 0 saturated heterocycles. The van der Waals surface area contributed by atoms with Crippen LogP contribution in [0.1, 0.15) is 16.8 Å². The van der Waals surface area contributed by atoms with Crippen molar-refractivity contribution in [3.05, 3.63) is 29.6 Å². The van der Waals surface area contributed by atoms with Crippen LogP contribution >= 0.6 is 0 Å². The number of hydrogen-bond donors (Lipinski definition) is 3. The lowest BCUT2D eigenvalue weighted by molar-refractivity contribution is -0.120. The van der Waals surface area contributed by atoms with Gasteiger partial charge in [0.2, 0.25) is 5.91 Å². The monoisotopic (exact) mass is 297 g/mol. The maximum atomic E-state index is 13.5. The topological polar surface area (TPSA) is 98.7 Å². The summed E-state index contributed by atoms with van der Waals surface area (Å²) in [5.74, 6) is -2.19. The van der Waals surface area contributed by atoms with Gasteiger partial charge in [0.1, 0.15) is 5.82 Å². The van der Waals surface area contributed by atoms with Crippen LogP contribution < -0.4 is 10.6 Å². The van der Waals surface area contributed by atoms with E-state index in [4.69, 9.17) is 5.11 Å². The Hall–Kier alpha value is -2.64. The molecule has 0 spiro atoms. The highest BCUT2D eigenvalue weighted by Crippen LogP contribution is 2.16. The molecule has 21 heavy (non-hydrogen) atoms. The maximum absolute atomic E-state index is 13.5. The van der Waals surface area contributed by atoms with Gasteiger partial charge in [-0.05, 0) is 18.2 Å². The van der Waals surface area contributed by atoms with Crippen LogP contribution in [-0.4, -0.2) is 48.6 Å². The second kappa shape index (κ2) is 7.22. The summed E-state index contributed by atoms with van der Waals surface area (Å²) in [5, 5.41) is 13.5. The molecule has 0 aliphatic rings. The number of carboxylic acids is 1. The summed E-state index contributed by atoms with van der Waals surface area (Å²) in [6, 6.07) is 2.45. The van der Waals surface area contributed by atoms with Crippen LogP contribution in [-0.2, 0) is 4.79 Å². The van der Waals surface area contributed by atoms with Crippen LogP contribution in [0.5, 0.6) is 0 Å². The SMILES string of the molecule is CNC(=O)CCN(C)C(=O)Nc1cc(C(=O)O)ccc1F. The van der Waals surface area contributed by atoms with Gasteiger partial charge < -0.3 is 20.6 Å². The molecule has 0 heterocycles. The Labute approximate surface area is 120 Å². The van der Waals surface area contributed by atoms with Crippen LogP contribution in [0.3, 0.4) is 0 Å². The van der Waals surface area contributed by atoms with E-state index in [0.29, 0.717) is 0 Å². The van der Waals surface area contributed by atoms with Gasteiger partial charge in [-0.15, -0.1) is 0 Å². The Morgan fingerprint density at radius 3 is 2.57 bits per heavy atom. The van der Waals surface area contributed by atoms with Crippen molar-refractivity contribution in [3.63, 3.8) is 0 Å². The number of carbonyl (C=O) groups is 3. The Morgan fingerprint density at radius 2 is 2.00 bits per heavy atom. The number of hydrogen-bond acceptors (Lipinski definition) is 3. The fourth-order valence-corrected chi connectivity index (χ4v) is 1.46. The zero-order valence-electron chi connectivity index (χ0n) is 11.6. The van der Waals surface area contributed by atoms with Gasteiger partial charge in [0, 0.05) is 27.1 Å². The minimum absolute atomic E-state index is 0.109. The summed E-state index contributed by atoms with van der Waals surface area (Å²) < 4.78 is 13.5. The van der Waals surface area contributed by atoms with Crippen LogP contribution in [0.25, 0.3) is 0 Å². The molecule has 1 aromatic carbocycles. The van der Waals surface area contributed by atoms with Crippen LogP contribution in [0.15, 0.2) is 18.2 Å². The Balaban J connectivity index is 2.71. The predicted octanol–water partition coefficient (Wildman–Crippen LogP) is 1.12. The molecule has 7 nitrogen and oxygen atoms in total. The molecule has 0 aromatic heterocycles. The third kappa shape index (κ3) is 4.75. The van der Waals surface area contributed by atoms with Crippen LogP contribution in [0, 0.1) is 5.82 Å². The van der Waals surface area contributed by atoms with Gasteiger partial charge in [-0.3, -0.25) is 4.79 Å². The number of urea groups is 1. The molecule has 0 aliphatic carbocycles. The van der Waals surface area contributed by atoms with Crippen molar-refractivity contribution < 1.29 is 23.9 Å². The van der Waals surface area contributed by atoms with Crippen molar-refractivity contribution >= 4 is 23.6 Å². The second-order valence-electron chi connectivity index (χ2n) is 4.27. The Bertz CT molecular complexity index is 562. The van der Waals surface area contributed by atoms with Gasteiger partial charge in [-0.2, -0.15) is 0 Å². The summed E-state index contributed by atoms with van der Waals surface area (Å²) >= 11 is 0. The molecule has 0 unspecified atom stereocenters. The number of benzene rings is 1. The number of anilines is 1. The normalized spacial score (nSPS) is 9.86. The largest absolute Gasteiger partial charge is 0.478 e. The fraction of sp³-hybridized carbons (Fsp3) is 0.308. The van der Waals surface area contributed by atoms with Crippen molar-refractivity contribution in [2.75, 3.05) is 26.0 Å². The van der Waals surface area contributed by atoms with E-state index in [0.717, 1.165) is 18.2 Å². The molecule has 0 radical (unpaired) electrons. The van der Waals surface area contributed by atoms with Gasteiger partial charge in [-0.25, -0.2) is 14.0 Å². The Morgan fingerprint density at radius 1 is 1.33 bits per heavy atom. The van der Waals surface area contributed by atoms with Crippen molar-refractivity contribution in [3.8, 4) is 0 Å². The van der Waals surface area contributed by atoms with E-state index < -0.39 is 17.8 Å². The van der Waals surface area contributed by atoms with E-state index in [1.807, 2.05) is 0 Å². The molecule has 1 aromatic rings. The minimum atomic E-state index is -1.22. The predicted molar refractivity (Wildman–Crippen MR) is 73.7 cm³/mol. The number of amides is 3. The summed E-state index contributed by atoms with van der Waals surface area (Å²) in [6.45, 7) is 0.145. The standard InChI is InChI=1S/C13H16FN3O4/c1-15-11(18)5-6-17(2)13(21)16-10-7-8(12(19)20)3-4-9(10)14/h3-4,7H,5-6H2,1-2H3,(H,15,18)(H,16,21)(H,19,20). The average Bonchev–Trinajstić information content (AvgIpc) is 2.46. The highest BCUT2D eigenvalue weighted by molar-refractivity contribution is 5.93. The molecule has 0 aliphatic heterocycles. The first-order valence-corrected chi connectivity index (χ1v) is 6.10. The summed E-state index contributed by atoms with van der Waals surface area (Å²) in [5.41, 5.74) is -0.369. The van der Waals surface area contributed by atoms with Crippen molar-refractivity contribution in [1.29, 1.82) is 0 Å². The van der Waals surface area contributed by atoms with Crippen LogP contribution in [0.2, 0.25) is 0 Å². The fourth-order valence-electron chi connectivity index (χ4n) is 1.46. The first-order valence-electron chi connectivity index (χ1n) is 6.10. The highest BCUT2D eigenvalue weighted by Gasteiger charge is 2.14. The molecule has 0 bridgehead atoms. The lowest BCUT2D eigenvalue weighted by atomic mass is 10.2. The number of carbonyl (C=O) groups excluding carboxylic acids is 2. The van der Waals surface area contributed by atoms with Gasteiger partial charge in [0.15, 0.2) is 0 Å². The Kier molecular flexibility index (Phi) is 5.65. The quantitative estimate of drug-likeness (QED) is 0.758.